The van der Waals surface area contributed by atoms with Crippen LogP contribution in [0.1, 0.15) is 17.0 Å². The van der Waals surface area contributed by atoms with Gasteiger partial charge in [-0.1, -0.05) is 17.3 Å². The predicted molar refractivity (Wildman–Crippen MR) is 51.6 cm³/mol. The van der Waals surface area contributed by atoms with Gasteiger partial charge in [0.05, 0.1) is 6.61 Å². The number of hydrogen-bond donors (Lipinski definition) is 1. The molecule has 0 amide bonds. The first-order valence-electron chi connectivity index (χ1n) is 4.57. The van der Waals surface area contributed by atoms with E-state index in [9.17, 15) is 4.39 Å². The highest BCUT2D eigenvalue weighted by molar-refractivity contribution is 5.21. The molecule has 1 aromatic carbocycles. The molecule has 2 rings (SSSR count). The third-order valence-corrected chi connectivity index (χ3v) is 2.06. The number of nitrogens with zero attached hydrogens (tertiary/aromatic N) is 1. The number of halogens is 1. The summed E-state index contributed by atoms with van der Waals surface area (Å²) in [5, 5.41) is 12.4. The van der Waals surface area contributed by atoms with Gasteiger partial charge in [0.2, 0.25) is 0 Å². The summed E-state index contributed by atoms with van der Waals surface area (Å²) in [6.07, 6.45) is 0.549. The number of aliphatic hydroxyl groups is 1. The number of aliphatic hydroxyl groups excluding tert-OH is 1. The van der Waals surface area contributed by atoms with E-state index >= 15 is 0 Å². The molecule has 0 radical (unpaired) electrons. The van der Waals surface area contributed by atoms with Crippen LogP contribution in [0, 0.1) is 5.82 Å². The first-order valence-corrected chi connectivity index (χ1v) is 4.57. The van der Waals surface area contributed by atoms with Crippen molar-refractivity contribution >= 4 is 0 Å². The minimum atomic E-state index is -0.257. The standard InChI is InChI=1S/C11H10FNO2/c12-9-3-1-8(2-4-9)5-11-6-10(7-14)13-15-11/h1-4,6,14H,5,7H2. The van der Waals surface area contributed by atoms with Gasteiger partial charge in [-0.15, -0.1) is 0 Å². The zero-order chi connectivity index (χ0) is 10.7. The van der Waals surface area contributed by atoms with Gasteiger partial charge in [0.1, 0.15) is 17.3 Å². The van der Waals surface area contributed by atoms with Gasteiger partial charge in [0.25, 0.3) is 0 Å². The van der Waals surface area contributed by atoms with Crippen LogP contribution in [0.3, 0.4) is 0 Å². The second-order valence-corrected chi connectivity index (χ2v) is 3.25. The number of aromatic nitrogens is 1. The lowest BCUT2D eigenvalue weighted by molar-refractivity contribution is 0.265. The van der Waals surface area contributed by atoms with E-state index in [2.05, 4.69) is 5.16 Å². The Kier molecular flexibility index (Phi) is 2.78. The zero-order valence-electron chi connectivity index (χ0n) is 7.98. The zero-order valence-corrected chi connectivity index (χ0v) is 7.98. The molecule has 0 atom stereocenters. The smallest absolute Gasteiger partial charge is 0.141 e. The third-order valence-electron chi connectivity index (χ3n) is 2.06. The van der Waals surface area contributed by atoms with E-state index in [1.54, 1.807) is 18.2 Å². The predicted octanol–water partition coefficient (Wildman–Crippen LogP) is 1.90. The van der Waals surface area contributed by atoms with E-state index in [0.717, 1.165) is 5.56 Å². The maximum absolute atomic E-state index is 12.6. The topological polar surface area (TPSA) is 46.3 Å². The van der Waals surface area contributed by atoms with Gasteiger partial charge >= 0.3 is 0 Å². The Morgan fingerprint density at radius 1 is 1.27 bits per heavy atom. The Labute approximate surface area is 86.1 Å². The molecule has 0 saturated heterocycles. The lowest BCUT2D eigenvalue weighted by Gasteiger charge is -1.96. The summed E-state index contributed by atoms with van der Waals surface area (Å²) in [6, 6.07) is 7.87. The van der Waals surface area contributed by atoms with Gasteiger partial charge in [-0.25, -0.2) is 4.39 Å². The highest BCUT2D eigenvalue weighted by Crippen LogP contribution is 2.11. The lowest BCUT2D eigenvalue weighted by atomic mass is 10.1. The Morgan fingerprint density at radius 3 is 2.60 bits per heavy atom. The normalized spacial score (nSPS) is 10.5. The van der Waals surface area contributed by atoms with Gasteiger partial charge in [-0.05, 0) is 17.7 Å². The number of hydrogen-bond acceptors (Lipinski definition) is 3. The van der Waals surface area contributed by atoms with Gasteiger partial charge in [-0.3, -0.25) is 0 Å². The summed E-state index contributed by atoms with van der Waals surface area (Å²) >= 11 is 0. The molecular weight excluding hydrogens is 197 g/mol. The molecule has 3 nitrogen and oxygen atoms in total. The first-order chi connectivity index (χ1) is 7.28. The second-order valence-electron chi connectivity index (χ2n) is 3.25. The summed E-state index contributed by atoms with van der Waals surface area (Å²) in [4.78, 5) is 0. The van der Waals surface area contributed by atoms with Crippen LogP contribution in [0.25, 0.3) is 0 Å². The molecule has 0 fully saturated rings. The largest absolute Gasteiger partial charge is 0.390 e. The van der Waals surface area contributed by atoms with Gasteiger partial charge in [0, 0.05) is 12.5 Å². The van der Waals surface area contributed by atoms with Crippen molar-refractivity contribution in [1.29, 1.82) is 0 Å². The summed E-state index contributed by atoms with van der Waals surface area (Å²) in [6.45, 7) is -0.132. The van der Waals surface area contributed by atoms with Crippen molar-refractivity contribution in [3.63, 3.8) is 0 Å². The van der Waals surface area contributed by atoms with Crippen LogP contribution in [0.15, 0.2) is 34.9 Å². The van der Waals surface area contributed by atoms with Crippen LogP contribution < -0.4 is 0 Å². The van der Waals surface area contributed by atoms with Crippen molar-refractivity contribution in [3.05, 3.63) is 53.2 Å². The molecule has 0 aliphatic carbocycles. The molecule has 2 aromatic rings. The summed E-state index contributed by atoms with van der Waals surface area (Å²) in [7, 11) is 0. The minimum absolute atomic E-state index is 0.132. The van der Waals surface area contributed by atoms with Crippen molar-refractivity contribution in [3.8, 4) is 0 Å². The van der Waals surface area contributed by atoms with Gasteiger partial charge < -0.3 is 9.63 Å². The molecule has 4 heteroatoms. The fourth-order valence-corrected chi connectivity index (χ4v) is 1.32. The van der Waals surface area contributed by atoms with Crippen molar-refractivity contribution < 1.29 is 14.0 Å². The maximum atomic E-state index is 12.6. The highest BCUT2D eigenvalue weighted by Gasteiger charge is 2.04. The number of rotatable bonds is 3. The van der Waals surface area contributed by atoms with Crippen LogP contribution in [-0.4, -0.2) is 10.3 Å². The summed E-state index contributed by atoms with van der Waals surface area (Å²) in [5.41, 5.74) is 1.45. The maximum Gasteiger partial charge on any atom is 0.141 e. The molecule has 0 aliphatic rings. The molecule has 1 aromatic heterocycles. The van der Waals surface area contributed by atoms with Crippen LogP contribution in [-0.2, 0) is 13.0 Å². The Hall–Kier alpha value is -1.68. The number of benzene rings is 1. The SMILES string of the molecule is OCc1cc(Cc2ccc(F)cc2)on1. The van der Waals surface area contributed by atoms with E-state index in [1.807, 2.05) is 0 Å². The molecule has 0 unspecified atom stereocenters. The van der Waals surface area contributed by atoms with Crippen molar-refractivity contribution in [2.45, 2.75) is 13.0 Å². The fraction of sp³-hybridized carbons (Fsp3) is 0.182. The molecular formula is C11H10FNO2. The van der Waals surface area contributed by atoms with E-state index in [4.69, 9.17) is 9.63 Å². The van der Waals surface area contributed by atoms with Crippen molar-refractivity contribution in [2.24, 2.45) is 0 Å². The quantitative estimate of drug-likeness (QED) is 0.836. The van der Waals surface area contributed by atoms with E-state index in [1.165, 1.54) is 12.1 Å². The Bertz CT molecular complexity index is 436. The molecule has 0 bridgehead atoms. The summed E-state index contributed by atoms with van der Waals surface area (Å²) in [5.74, 6) is 0.401. The summed E-state index contributed by atoms with van der Waals surface area (Å²) < 4.78 is 17.6. The van der Waals surface area contributed by atoms with Crippen LogP contribution in [0.5, 0.6) is 0 Å². The molecule has 0 aliphatic heterocycles. The van der Waals surface area contributed by atoms with E-state index in [-0.39, 0.29) is 12.4 Å². The molecule has 15 heavy (non-hydrogen) atoms. The monoisotopic (exact) mass is 207 g/mol. The van der Waals surface area contributed by atoms with Crippen LogP contribution >= 0.6 is 0 Å². The average molecular weight is 207 g/mol. The van der Waals surface area contributed by atoms with Crippen LogP contribution in [0.2, 0.25) is 0 Å². The van der Waals surface area contributed by atoms with Gasteiger partial charge in [-0.2, -0.15) is 0 Å². The first kappa shape index (κ1) is 9.86. The Balaban J connectivity index is 2.11. The van der Waals surface area contributed by atoms with Crippen LogP contribution in [0.4, 0.5) is 4.39 Å². The highest BCUT2D eigenvalue weighted by atomic mass is 19.1. The van der Waals surface area contributed by atoms with E-state index in [0.29, 0.717) is 17.9 Å². The van der Waals surface area contributed by atoms with Crippen molar-refractivity contribution in [1.82, 2.24) is 5.16 Å². The molecule has 1 N–H and O–H groups in total. The molecule has 0 spiro atoms. The molecule has 78 valence electrons. The third kappa shape index (κ3) is 2.41. The van der Waals surface area contributed by atoms with E-state index < -0.39 is 0 Å². The minimum Gasteiger partial charge on any atom is -0.390 e. The lowest BCUT2D eigenvalue weighted by Crippen LogP contribution is -1.85. The van der Waals surface area contributed by atoms with Crippen molar-refractivity contribution in [2.75, 3.05) is 0 Å². The molecule has 0 saturated carbocycles. The average Bonchev–Trinajstić information content (AvgIpc) is 2.69. The Morgan fingerprint density at radius 2 is 2.00 bits per heavy atom. The second kappa shape index (κ2) is 4.23. The molecule has 1 heterocycles. The van der Waals surface area contributed by atoms with Gasteiger partial charge in [0.15, 0.2) is 0 Å². The fourth-order valence-electron chi connectivity index (χ4n) is 1.32.